The Bertz CT molecular complexity index is 1570. The number of benzene rings is 4. The Morgan fingerprint density at radius 3 is 2.18 bits per heavy atom. The number of hydrogen-bond donors (Lipinski definition) is 2. The quantitative estimate of drug-likeness (QED) is 0.180. The van der Waals surface area contributed by atoms with E-state index < -0.39 is 6.29 Å². The fourth-order valence-corrected chi connectivity index (χ4v) is 6.27. The van der Waals surface area contributed by atoms with Crippen molar-refractivity contribution in [1.29, 1.82) is 0 Å². The molecule has 0 amide bonds. The SMILES string of the molecule is C[C@H]1[C@@H](CN2CCN(c3ccc([N+](=O)[O-])cc3)CC2)O[C@@H](c2ccc(-c3cccc(CN)c3)cc2)O[C@H]1c1ccc(CO)cc1. The second-order valence-corrected chi connectivity index (χ2v) is 11.9. The molecule has 0 saturated carbocycles. The van der Waals surface area contributed by atoms with Crippen molar-refractivity contribution in [2.75, 3.05) is 37.6 Å². The molecule has 3 N–H and O–H groups in total. The van der Waals surface area contributed by atoms with Gasteiger partial charge in [0.05, 0.1) is 23.7 Å². The summed E-state index contributed by atoms with van der Waals surface area (Å²) in [6, 6.07) is 31.4. The summed E-state index contributed by atoms with van der Waals surface area (Å²) in [5.74, 6) is 0.0900. The topological polar surface area (TPSA) is 114 Å². The molecule has 2 saturated heterocycles. The van der Waals surface area contributed by atoms with Gasteiger partial charge in [0.25, 0.3) is 5.69 Å². The Morgan fingerprint density at radius 2 is 1.53 bits per heavy atom. The molecule has 9 heteroatoms. The Morgan fingerprint density at radius 1 is 0.844 bits per heavy atom. The molecule has 0 spiro atoms. The molecule has 9 nitrogen and oxygen atoms in total. The number of hydrogen-bond acceptors (Lipinski definition) is 8. The number of nitro benzene ring substituents is 1. The molecule has 234 valence electrons. The first-order chi connectivity index (χ1) is 21.9. The second kappa shape index (κ2) is 13.9. The zero-order valence-corrected chi connectivity index (χ0v) is 25.5. The Balaban J connectivity index is 1.18. The van der Waals surface area contributed by atoms with Gasteiger partial charge in [0.2, 0.25) is 0 Å². The van der Waals surface area contributed by atoms with Crippen LogP contribution in [0.2, 0.25) is 0 Å². The van der Waals surface area contributed by atoms with Gasteiger partial charge in [0.1, 0.15) is 0 Å². The van der Waals surface area contributed by atoms with Crippen molar-refractivity contribution < 1.29 is 19.5 Å². The number of non-ortho nitro benzene ring substituents is 1. The average molecular weight is 609 g/mol. The summed E-state index contributed by atoms with van der Waals surface area (Å²) in [6.45, 7) is 6.85. The number of ether oxygens (including phenoxy) is 2. The molecular weight excluding hydrogens is 568 g/mol. The summed E-state index contributed by atoms with van der Waals surface area (Å²) in [7, 11) is 0. The summed E-state index contributed by atoms with van der Waals surface area (Å²) in [5.41, 5.74) is 13.2. The fourth-order valence-electron chi connectivity index (χ4n) is 6.27. The highest BCUT2D eigenvalue weighted by Gasteiger charge is 2.39. The third kappa shape index (κ3) is 7.08. The van der Waals surface area contributed by atoms with Crippen LogP contribution >= 0.6 is 0 Å². The third-order valence-electron chi connectivity index (χ3n) is 9.04. The van der Waals surface area contributed by atoms with Gasteiger partial charge in [-0.15, -0.1) is 0 Å². The Kier molecular flexibility index (Phi) is 9.53. The van der Waals surface area contributed by atoms with Crippen LogP contribution in [0.25, 0.3) is 11.1 Å². The maximum atomic E-state index is 11.0. The van der Waals surface area contributed by atoms with Crippen LogP contribution in [0.5, 0.6) is 0 Å². The van der Waals surface area contributed by atoms with E-state index in [1.165, 1.54) is 0 Å². The van der Waals surface area contributed by atoms with Gasteiger partial charge in [-0.05, 0) is 46.0 Å². The molecular formula is C36H40N4O5. The van der Waals surface area contributed by atoms with Crippen LogP contribution in [0.3, 0.4) is 0 Å². The van der Waals surface area contributed by atoms with Crippen LogP contribution in [0.1, 0.15) is 41.6 Å². The monoisotopic (exact) mass is 608 g/mol. The second-order valence-electron chi connectivity index (χ2n) is 11.9. The molecule has 0 unspecified atom stereocenters. The molecule has 0 aromatic heterocycles. The summed E-state index contributed by atoms with van der Waals surface area (Å²) in [5, 5.41) is 20.6. The van der Waals surface area contributed by atoms with Gasteiger partial charge >= 0.3 is 0 Å². The fraction of sp³-hybridized carbons (Fsp3) is 0.333. The van der Waals surface area contributed by atoms with Crippen molar-refractivity contribution in [3.05, 3.63) is 129 Å². The van der Waals surface area contributed by atoms with E-state index in [1.807, 2.05) is 48.5 Å². The summed E-state index contributed by atoms with van der Waals surface area (Å²) >= 11 is 0. The lowest BCUT2D eigenvalue weighted by atomic mass is 9.89. The smallest absolute Gasteiger partial charge is 0.269 e. The number of nitrogens with two attached hydrogens (primary N) is 1. The molecule has 0 bridgehead atoms. The normalized spacial score (nSPS) is 22.3. The van der Waals surface area contributed by atoms with Crippen LogP contribution in [0.15, 0.2) is 97.1 Å². The van der Waals surface area contributed by atoms with Crippen molar-refractivity contribution in [3.63, 3.8) is 0 Å². The van der Waals surface area contributed by atoms with E-state index in [4.69, 9.17) is 15.2 Å². The minimum atomic E-state index is -0.528. The van der Waals surface area contributed by atoms with Gasteiger partial charge in [-0.2, -0.15) is 0 Å². The Hall–Kier alpha value is -4.12. The maximum absolute atomic E-state index is 11.0. The number of aliphatic hydroxyl groups excluding tert-OH is 1. The van der Waals surface area contributed by atoms with Gasteiger partial charge in [0.15, 0.2) is 6.29 Å². The molecule has 4 aromatic rings. The van der Waals surface area contributed by atoms with Crippen LogP contribution in [0.4, 0.5) is 11.4 Å². The van der Waals surface area contributed by atoms with Gasteiger partial charge in [-0.1, -0.05) is 73.7 Å². The van der Waals surface area contributed by atoms with E-state index in [2.05, 4.69) is 53.1 Å². The zero-order valence-electron chi connectivity index (χ0n) is 25.5. The van der Waals surface area contributed by atoms with E-state index >= 15 is 0 Å². The number of aliphatic hydroxyl groups is 1. The van der Waals surface area contributed by atoms with Crippen LogP contribution in [-0.2, 0) is 22.6 Å². The maximum Gasteiger partial charge on any atom is 0.269 e. The van der Waals surface area contributed by atoms with Crippen LogP contribution in [0, 0.1) is 16.0 Å². The summed E-state index contributed by atoms with van der Waals surface area (Å²) in [4.78, 5) is 15.4. The molecule has 6 rings (SSSR count). The standard InChI is InChI=1S/C36H40N4O5/c1-25-34(23-38-17-19-39(20-18-38)32-13-15-33(16-14-32)40(42)43)44-36(45-35(25)29-7-5-26(24-41)6-8-29)30-11-9-28(10-12-30)31-4-2-3-27(21-31)22-37/h2-16,21,25,34-36,41H,17-20,22-24,37H2,1H3/t25-,34+,35+,36+/m0/s1. The highest BCUT2D eigenvalue weighted by atomic mass is 16.7. The van der Waals surface area contributed by atoms with Crippen LogP contribution < -0.4 is 10.6 Å². The highest BCUT2D eigenvalue weighted by Crippen LogP contribution is 2.42. The highest BCUT2D eigenvalue weighted by molar-refractivity contribution is 5.64. The van der Waals surface area contributed by atoms with E-state index in [-0.39, 0.29) is 35.3 Å². The van der Waals surface area contributed by atoms with Gasteiger partial charge in [-0.3, -0.25) is 15.0 Å². The molecule has 2 fully saturated rings. The van der Waals surface area contributed by atoms with E-state index in [0.29, 0.717) is 6.54 Å². The molecule has 4 atom stereocenters. The Labute approximate surface area is 264 Å². The number of rotatable bonds is 9. The number of nitrogens with zero attached hydrogens (tertiary/aromatic N) is 3. The zero-order chi connectivity index (χ0) is 31.3. The first kappa shape index (κ1) is 30.9. The lowest BCUT2D eigenvalue weighted by molar-refractivity contribution is -0.384. The molecule has 45 heavy (non-hydrogen) atoms. The van der Waals surface area contributed by atoms with E-state index in [1.54, 1.807) is 12.1 Å². The predicted molar refractivity (Wildman–Crippen MR) is 174 cm³/mol. The predicted octanol–water partition coefficient (Wildman–Crippen LogP) is 5.83. The molecule has 2 aliphatic rings. The largest absolute Gasteiger partial charge is 0.392 e. The third-order valence-corrected chi connectivity index (χ3v) is 9.04. The minimum absolute atomic E-state index is 0.00209. The number of nitro groups is 1. The van der Waals surface area contributed by atoms with E-state index in [9.17, 15) is 15.2 Å². The molecule has 2 heterocycles. The summed E-state index contributed by atoms with van der Waals surface area (Å²) < 4.78 is 13.4. The van der Waals surface area contributed by atoms with Crippen molar-refractivity contribution in [3.8, 4) is 11.1 Å². The lowest BCUT2D eigenvalue weighted by Gasteiger charge is -2.44. The molecule has 0 aliphatic carbocycles. The minimum Gasteiger partial charge on any atom is -0.392 e. The first-order valence-corrected chi connectivity index (χ1v) is 15.5. The van der Waals surface area contributed by atoms with E-state index in [0.717, 1.165) is 71.8 Å². The van der Waals surface area contributed by atoms with Gasteiger partial charge in [-0.25, -0.2) is 0 Å². The number of anilines is 1. The van der Waals surface area contributed by atoms with Crippen LogP contribution in [-0.4, -0.2) is 53.8 Å². The molecule has 4 aromatic carbocycles. The molecule has 2 aliphatic heterocycles. The average Bonchev–Trinajstić information content (AvgIpc) is 3.09. The number of piperazine rings is 1. The van der Waals surface area contributed by atoms with Crippen molar-refractivity contribution in [2.45, 2.75) is 38.6 Å². The van der Waals surface area contributed by atoms with Gasteiger partial charge in [0, 0.05) is 68.6 Å². The van der Waals surface area contributed by atoms with Crippen molar-refractivity contribution in [2.24, 2.45) is 11.7 Å². The summed E-state index contributed by atoms with van der Waals surface area (Å²) in [6.07, 6.45) is -0.776. The van der Waals surface area contributed by atoms with Crippen molar-refractivity contribution in [1.82, 2.24) is 4.90 Å². The van der Waals surface area contributed by atoms with Gasteiger partial charge < -0.3 is 25.2 Å². The molecule has 0 radical (unpaired) electrons. The first-order valence-electron chi connectivity index (χ1n) is 15.5. The lowest BCUT2D eigenvalue weighted by Crippen LogP contribution is -2.51. The van der Waals surface area contributed by atoms with Crippen molar-refractivity contribution >= 4 is 11.4 Å².